The molecule has 1 aliphatic rings. The predicted octanol–water partition coefficient (Wildman–Crippen LogP) is -0.353. The molecule has 0 aromatic heterocycles. The number of likely N-dealkylation sites (tertiary alicyclic amines) is 1. The Balaban J connectivity index is 2.31. The van der Waals surface area contributed by atoms with E-state index < -0.39 is 5.92 Å². The molecule has 0 aromatic rings. The summed E-state index contributed by atoms with van der Waals surface area (Å²) in [5, 5.41) is 2.54. The van der Waals surface area contributed by atoms with Crippen molar-refractivity contribution in [1.82, 2.24) is 10.2 Å². The van der Waals surface area contributed by atoms with Crippen LogP contribution in [0.1, 0.15) is 19.8 Å². The molecule has 1 rings (SSSR count). The third-order valence-corrected chi connectivity index (χ3v) is 3.05. The van der Waals surface area contributed by atoms with E-state index in [1.807, 2.05) is 0 Å². The second-order valence-corrected chi connectivity index (χ2v) is 4.40. The number of rotatable bonds is 4. The van der Waals surface area contributed by atoms with Crippen molar-refractivity contribution >= 4 is 29.0 Å². The fourth-order valence-corrected chi connectivity index (χ4v) is 1.63. The van der Waals surface area contributed by atoms with Crippen LogP contribution in [-0.4, -0.2) is 41.3 Å². The van der Waals surface area contributed by atoms with E-state index in [1.165, 1.54) is 0 Å². The molecule has 2 amide bonds. The molecule has 90 valence electrons. The molecule has 0 bridgehead atoms. The van der Waals surface area contributed by atoms with E-state index in [9.17, 15) is 9.59 Å². The number of carbonyl (C=O) groups is 2. The van der Waals surface area contributed by atoms with Gasteiger partial charge in [0.15, 0.2) is 0 Å². The molecule has 0 aliphatic carbocycles. The smallest absolute Gasteiger partial charge is 0.241 e. The highest BCUT2D eigenvalue weighted by Crippen LogP contribution is 2.06. The standard InChI is InChI=1S/C10H17N3O2S/c1-7(9(11)16)10(15)12-6-8(14)13-4-2-3-5-13/h7H,2-6H2,1H3,(H2,11,16)(H,12,15). The van der Waals surface area contributed by atoms with E-state index >= 15 is 0 Å². The van der Waals surface area contributed by atoms with Crippen LogP contribution in [0.2, 0.25) is 0 Å². The highest BCUT2D eigenvalue weighted by molar-refractivity contribution is 7.80. The second-order valence-electron chi connectivity index (χ2n) is 3.93. The topological polar surface area (TPSA) is 75.4 Å². The average Bonchev–Trinajstić information content (AvgIpc) is 2.77. The molecule has 1 aliphatic heterocycles. The number of nitrogens with two attached hydrogens (primary N) is 1. The fourth-order valence-electron chi connectivity index (χ4n) is 1.52. The van der Waals surface area contributed by atoms with Crippen LogP contribution in [0.5, 0.6) is 0 Å². The normalized spacial score (nSPS) is 16.9. The highest BCUT2D eigenvalue weighted by atomic mass is 32.1. The van der Waals surface area contributed by atoms with E-state index in [4.69, 9.17) is 18.0 Å². The van der Waals surface area contributed by atoms with Crippen molar-refractivity contribution in [3.63, 3.8) is 0 Å². The maximum atomic E-state index is 11.6. The Labute approximate surface area is 100 Å². The van der Waals surface area contributed by atoms with Gasteiger partial charge in [0.1, 0.15) is 0 Å². The van der Waals surface area contributed by atoms with Gasteiger partial charge < -0.3 is 16.0 Å². The van der Waals surface area contributed by atoms with Gasteiger partial charge in [-0.15, -0.1) is 0 Å². The van der Waals surface area contributed by atoms with Gasteiger partial charge >= 0.3 is 0 Å². The molecule has 6 heteroatoms. The maximum Gasteiger partial charge on any atom is 0.241 e. The first-order valence-electron chi connectivity index (χ1n) is 5.37. The summed E-state index contributed by atoms with van der Waals surface area (Å²) in [6, 6.07) is 0. The zero-order chi connectivity index (χ0) is 12.1. The summed E-state index contributed by atoms with van der Waals surface area (Å²) < 4.78 is 0. The molecule has 1 heterocycles. The van der Waals surface area contributed by atoms with Crippen molar-refractivity contribution in [2.75, 3.05) is 19.6 Å². The van der Waals surface area contributed by atoms with Gasteiger partial charge in [0.2, 0.25) is 11.8 Å². The van der Waals surface area contributed by atoms with E-state index in [-0.39, 0.29) is 23.3 Å². The number of nitrogens with one attached hydrogen (secondary N) is 1. The van der Waals surface area contributed by atoms with Gasteiger partial charge in [0, 0.05) is 13.1 Å². The van der Waals surface area contributed by atoms with Crippen molar-refractivity contribution in [2.24, 2.45) is 11.7 Å². The summed E-state index contributed by atoms with van der Waals surface area (Å²) in [7, 11) is 0. The van der Waals surface area contributed by atoms with Crippen molar-refractivity contribution in [3.8, 4) is 0 Å². The first-order chi connectivity index (χ1) is 7.52. The SMILES string of the molecule is CC(C(=O)NCC(=O)N1CCCC1)C(N)=S. The van der Waals surface area contributed by atoms with Crippen LogP contribution in [0.3, 0.4) is 0 Å². The van der Waals surface area contributed by atoms with Crippen LogP contribution in [-0.2, 0) is 9.59 Å². The molecule has 5 nitrogen and oxygen atoms in total. The van der Waals surface area contributed by atoms with Gasteiger partial charge in [-0.1, -0.05) is 12.2 Å². The van der Waals surface area contributed by atoms with Crippen molar-refractivity contribution < 1.29 is 9.59 Å². The zero-order valence-electron chi connectivity index (χ0n) is 9.36. The Hall–Kier alpha value is -1.17. The number of hydrogen-bond donors (Lipinski definition) is 2. The number of nitrogens with zero attached hydrogens (tertiary/aromatic N) is 1. The summed E-state index contributed by atoms with van der Waals surface area (Å²) in [5.74, 6) is -0.859. The number of carbonyl (C=O) groups excluding carboxylic acids is 2. The minimum Gasteiger partial charge on any atom is -0.393 e. The molecule has 1 atom stereocenters. The minimum absolute atomic E-state index is 0.0335. The molecule has 0 saturated carbocycles. The Bertz CT molecular complexity index is 300. The van der Waals surface area contributed by atoms with Crippen molar-refractivity contribution in [3.05, 3.63) is 0 Å². The zero-order valence-corrected chi connectivity index (χ0v) is 10.2. The van der Waals surface area contributed by atoms with Crippen LogP contribution in [0.4, 0.5) is 0 Å². The van der Waals surface area contributed by atoms with Gasteiger partial charge in [0.05, 0.1) is 17.5 Å². The summed E-state index contributed by atoms with van der Waals surface area (Å²) in [4.78, 5) is 24.9. The first kappa shape index (κ1) is 12.9. The maximum absolute atomic E-state index is 11.6. The number of hydrogen-bond acceptors (Lipinski definition) is 3. The van der Waals surface area contributed by atoms with Crippen molar-refractivity contribution in [2.45, 2.75) is 19.8 Å². The lowest BCUT2D eigenvalue weighted by molar-refractivity contribution is -0.132. The Morgan fingerprint density at radius 2 is 2.00 bits per heavy atom. The molecular formula is C10H17N3O2S. The summed E-state index contributed by atoms with van der Waals surface area (Å²) >= 11 is 4.70. The van der Waals surface area contributed by atoms with Crippen LogP contribution in [0.15, 0.2) is 0 Å². The average molecular weight is 243 g/mol. The molecule has 3 N–H and O–H groups in total. The minimum atomic E-state index is -0.527. The Morgan fingerprint density at radius 1 is 1.44 bits per heavy atom. The monoisotopic (exact) mass is 243 g/mol. The predicted molar refractivity (Wildman–Crippen MR) is 64.8 cm³/mol. The second kappa shape index (κ2) is 5.79. The molecule has 1 saturated heterocycles. The van der Waals surface area contributed by atoms with Crippen molar-refractivity contribution in [1.29, 1.82) is 0 Å². The summed E-state index contributed by atoms with van der Waals surface area (Å²) in [6.07, 6.45) is 2.09. The third kappa shape index (κ3) is 3.44. The van der Waals surface area contributed by atoms with E-state index in [1.54, 1.807) is 11.8 Å². The van der Waals surface area contributed by atoms with Crippen LogP contribution in [0, 0.1) is 5.92 Å². The quantitative estimate of drug-likeness (QED) is 0.662. The van der Waals surface area contributed by atoms with E-state index in [0.717, 1.165) is 25.9 Å². The molecule has 0 spiro atoms. The van der Waals surface area contributed by atoms with E-state index in [0.29, 0.717) is 0 Å². The lowest BCUT2D eigenvalue weighted by Crippen LogP contribution is -2.42. The summed E-state index contributed by atoms with van der Waals surface area (Å²) in [6.45, 7) is 3.24. The highest BCUT2D eigenvalue weighted by Gasteiger charge is 2.20. The Morgan fingerprint density at radius 3 is 2.50 bits per heavy atom. The van der Waals surface area contributed by atoms with Gasteiger partial charge in [-0.05, 0) is 19.8 Å². The van der Waals surface area contributed by atoms with Crippen LogP contribution >= 0.6 is 12.2 Å². The Kier molecular flexibility index (Phi) is 4.67. The van der Waals surface area contributed by atoms with Crippen LogP contribution in [0.25, 0.3) is 0 Å². The molecule has 0 aromatic carbocycles. The van der Waals surface area contributed by atoms with Gasteiger partial charge in [-0.3, -0.25) is 9.59 Å². The van der Waals surface area contributed by atoms with Gasteiger partial charge in [0.25, 0.3) is 0 Å². The third-order valence-electron chi connectivity index (χ3n) is 2.69. The van der Waals surface area contributed by atoms with Gasteiger partial charge in [-0.25, -0.2) is 0 Å². The lowest BCUT2D eigenvalue weighted by Gasteiger charge is -2.16. The largest absolute Gasteiger partial charge is 0.393 e. The van der Waals surface area contributed by atoms with E-state index in [2.05, 4.69) is 5.32 Å². The van der Waals surface area contributed by atoms with Gasteiger partial charge in [-0.2, -0.15) is 0 Å². The number of amides is 2. The van der Waals surface area contributed by atoms with Crippen LogP contribution < -0.4 is 11.1 Å². The molecule has 1 fully saturated rings. The number of thiocarbonyl (C=S) groups is 1. The first-order valence-corrected chi connectivity index (χ1v) is 5.78. The fraction of sp³-hybridized carbons (Fsp3) is 0.700. The lowest BCUT2D eigenvalue weighted by atomic mass is 10.1. The molecular weight excluding hydrogens is 226 g/mol. The molecule has 16 heavy (non-hydrogen) atoms. The molecule has 1 unspecified atom stereocenters. The summed E-state index contributed by atoms with van der Waals surface area (Å²) in [5.41, 5.74) is 5.34. The molecule has 0 radical (unpaired) electrons.